The standard InChI is InChI=1S/C14H16BrF3N2O/c1-20-6-2-3-10(8-20)19-13(21)11-5-4-9(15)7-12(11)14(16,17)18/h4-5,7,10H,2-3,6,8H2,1H3,(H,19,21). The molecule has 1 aromatic carbocycles. The molecule has 1 heterocycles. The highest BCUT2D eigenvalue weighted by Crippen LogP contribution is 2.34. The number of alkyl halides is 3. The van der Waals surface area contributed by atoms with E-state index in [0.29, 0.717) is 11.0 Å². The van der Waals surface area contributed by atoms with E-state index >= 15 is 0 Å². The highest BCUT2D eigenvalue weighted by molar-refractivity contribution is 9.10. The van der Waals surface area contributed by atoms with Crippen LogP contribution >= 0.6 is 15.9 Å². The Balaban J connectivity index is 2.19. The molecule has 0 aliphatic carbocycles. The summed E-state index contributed by atoms with van der Waals surface area (Å²) in [6, 6.07) is 3.47. The van der Waals surface area contributed by atoms with Crippen molar-refractivity contribution < 1.29 is 18.0 Å². The van der Waals surface area contributed by atoms with Gasteiger partial charge in [0.1, 0.15) is 0 Å². The Bertz CT molecular complexity index is 533. The third-order valence-corrected chi connectivity index (χ3v) is 3.98. The third kappa shape index (κ3) is 4.20. The van der Waals surface area contributed by atoms with E-state index in [2.05, 4.69) is 26.1 Å². The van der Waals surface area contributed by atoms with Crippen LogP contribution in [0.3, 0.4) is 0 Å². The summed E-state index contributed by atoms with van der Waals surface area (Å²) < 4.78 is 39.4. The number of hydrogen-bond donors (Lipinski definition) is 1. The van der Waals surface area contributed by atoms with E-state index in [1.165, 1.54) is 12.1 Å². The van der Waals surface area contributed by atoms with Gasteiger partial charge in [0.15, 0.2) is 0 Å². The van der Waals surface area contributed by atoms with Crippen molar-refractivity contribution in [2.75, 3.05) is 20.1 Å². The van der Waals surface area contributed by atoms with Crippen LogP contribution in [0.1, 0.15) is 28.8 Å². The number of halogens is 4. The van der Waals surface area contributed by atoms with Crippen molar-refractivity contribution in [2.45, 2.75) is 25.1 Å². The van der Waals surface area contributed by atoms with Crippen molar-refractivity contribution in [2.24, 2.45) is 0 Å². The zero-order valence-electron chi connectivity index (χ0n) is 11.5. The summed E-state index contributed by atoms with van der Waals surface area (Å²) in [5.74, 6) is -0.671. The molecule has 7 heteroatoms. The van der Waals surface area contributed by atoms with Gasteiger partial charge >= 0.3 is 6.18 Å². The number of hydrogen-bond acceptors (Lipinski definition) is 2. The number of amides is 1. The first-order valence-electron chi connectivity index (χ1n) is 6.63. The molecule has 21 heavy (non-hydrogen) atoms. The fourth-order valence-corrected chi connectivity index (χ4v) is 2.86. The SMILES string of the molecule is CN1CCCC(NC(=O)c2ccc(Br)cc2C(F)(F)F)C1. The predicted octanol–water partition coefficient (Wildman–Crippen LogP) is 3.29. The highest BCUT2D eigenvalue weighted by Gasteiger charge is 2.35. The first kappa shape index (κ1) is 16.3. The van der Waals surface area contributed by atoms with Crippen molar-refractivity contribution >= 4 is 21.8 Å². The largest absolute Gasteiger partial charge is 0.417 e. The molecule has 1 N–H and O–H groups in total. The van der Waals surface area contributed by atoms with Crippen LogP contribution in [0.5, 0.6) is 0 Å². The number of rotatable bonds is 2. The van der Waals surface area contributed by atoms with Crippen molar-refractivity contribution in [3.05, 3.63) is 33.8 Å². The summed E-state index contributed by atoms with van der Waals surface area (Å²) >= 11 is 3.01. The number of piperidine rings is 1. The van der Waals surface area contributed by atoms with Gasteiger partial charge in [-0.2, -0.15) is 13.2 Å². The number of carbonyl (C=O) groups excluding carboxylic acids is 1. The predicted molar refractivity (Wildman–Crippen MR) is 77.1 cm³/mol. The maximum absolute atomic E-state index is 13.0. The number of nitrogens with one attached hydrogen (secondary N) is 1. The average molecular weight is 365 g/mol. The maximum Gasteiger partial charge on any atom is 0.417 e. The molecule has 1 saturated heterocycles. The topological polar surface area (TPSA) is 32.3 Å². The number of likely N-dealkylation sites (N-methyl/N-ethyl adjacent to an activating group) is 1. The minimum atomic E-state index is -4.56. The molecule has 3 nitrogen and oxygen atoms in total. The molecule has 0 spiro atoms. The zero-order chi connectivity index (χ0) is 15.6. The van der Waals surface area contributed by atoms with Gasteiger partial charge in [0, 0.05) is 17.1 Å². The molecule has 0 radical (unpaired) electrons. The van der Waals surface area contributed by atoms with Crippen LogP contribution in [0.15, 0.2) is 22.7 Å². The number of likely N-dealkylation sites (tertiary alicyclic amines) is 1. The molecule has 0 saturated carbocycles. The van der Waals surface area contributed by atoms with Gasteiger partial charge in [0.25, 0.3) is 5.91 Å². The number of benzene rings is 1. The van der Waals surface area contributed by atoms with E-state index in [0.717, 1.165) is 25.5 Å². The van der Waals surface area contributed by atoms with Gasteiger partial charge in [-0.15, -0.1) is 0 Å². The molecule has 1 aliphatic heterocycles. The minimum absolute atomic E-state index is 0.110. The summed E-state index contributed by atoms with van der Waals surface area (Å²) in [5.41, 5.74) is -1.25. The van der Waals surface area contributed by atoms with E-state index in [-0.39, 0.29) is 11.6 Å². The second kappa shape index (κ2) is 6.36. The van der Waals surface area contributed by atoms with Gasteiger partial charge in [0.2, 0.25) is 0 Å². The Labute approximate surface area is 129 Å². The Morgan fingerprint density at radius 3 is 2.76 bits per heavy atom. The molecule has 1 fully saturated rings. The smallest absolute Gasteiger partial charge is 0.348 e. The Hall–Kier alpha value is -1.08. The van der Waals surface area contributed by atoms with Gasteiger partial charge in [0.05, 0.1) is 11.1 Å². The van der Waals surface area contributed by atoms with Crippen LogP contribution in [-0.2, 0) is 6.18 Å². The van der Waals surface area contributed by atoms with Crippen molar-refractivity contribution in [1.29, 1.82) is 0 Å². The van der Waals surface area contributed by atoms with Crippen LogP contribution in [-0.4, -0.2) is 37.0 Å². The van der Waals surface area contributed by atoms with Crippen molar-refractivity contribution in [3.63, 3.8) is 0 Å². The van der Waals surface area contributed by atoms with E-state index in [1.807, 2.05) is 7.05 Å². The lowest BCUT2D eigenvalue weighted by Crippen LogP contribution is -2.46. The van der Waals surface area contributed by atoms with Gasteiger partial charge in [-0.3, -0.25) is 4.79 Å². The zero-order valence-corrected chi connectivity index (χ0v) is 13.1. The molecule has 2 rings (SSSR count). The first-order chi connectivity index (χ1) is 9.77. The van der Waals surface area contributed by atoms with Gasteiger partial charge in [-0.1, -0.05) is 15.9 Å². The van der Waals surface area contributed by atoms with Gasteiger partial charge in [-0.25, -0.2) is 0 Å². The van der Waals surface area contributed by atoms with Crippen LogP contribution in [0, 0.1) is 0 Å². The van der Waals surface area contributed by atoms with Crippen molar-refractivity contribution in [1.82, 2.24) is 10.2 Å². The molecule has 1 unspecified atom stereocenters. The second-order valence-corrected chi connectivity index (χ2v) is 6.18. The fourth-order valence-electron chi connectivity index (χ4n) is 2.50. The van der Waals surface area contributed by atoms with E-state index in [4.69, 9.17) is 0 Å². The third-order valence-electron chi connectivity index (χ3n) is 3.49. The number of nitrogens with zero attached hydrogens (tertiary/aromatic N) is 1. The summed E-state index contributed by atoms with van der Waals surface area (Å²) in [6.45, 7) is 1.60. The van der Waals surface area contributed by atoms with Crippen molar-refractivity contribution in [3.8, 4) is 0 Å². The average Bonchev–Trinajstić information content (AvgIpc) is 2.37. The lowest BCUT2D eigenvalue weighted by Gasteiger charge is -2.30. The number of carbonyl (C=O) groups is 1. The van der Waals surface area contributed by atoms with Crippen LogP contribution < -0.4 is 5.32 Å². The van der Waals surface area contributed by atoms with Crippen LogP contribution in [0.25, 0.3) is 0 Å². The monoisotopic (exact) mass is 364 g/mol. The molecular weight excluding hydrogens is 349 g/mol. The Morgan fingerprint density at radius 2 is 2.14 bits per heavy atom. The Morgan fingerprint density at radius 1 is 1.43 bits per heavy atom. The Kier molecular flexibility index (Phi) is 4.93. The molecule has 1 aromatic rings. The quantitative estimate of drug-likeness (QED) is 0.873. The molecular formula is C14H16BrF3N2O. The molecule has 0 aromatic heterocycles. The molecule has 116 valence electrons. The van der Waals surface area contributed by atoms with E-state index < -0.39 is 17.6 Å². The van der Waals surface area contributed by atoms with Gasteiger partial charge < -0.3 is 10.2 Å². The summed E-state index contributed by atoms with van der Waals surface area (Å²) in [4.78, 5) is 14.2. The second-order valence-electron chi connectivity index (χ2n) is 5.26. The lowest BCUT2D eigenvalue weighted by molar-refractivity contribution is -0.138. The maximum atomic E-state index is 13.0. The highest BCUT2D eigenvalue weighted by atomic mass is 79.9. The normalized spacial score (nSPS) is 20.3. The van der Waals surface area contributed by atoms with E-state index in [1.54, 1.807) is 0 Å². The molecule has 1 amide bonds. The summed E-state index contributed by atoms with van der Waals surface area (Å²) in [5, 5.41) is 2.70. The lowest BCUT2D eigenvalue weighted by atomic mass is 10.0. The molecule has 1 aliphatic rings. The molecule has 1 atom stereocenters. The van der Waals surface area contributed by atoms with Crippen LogP contribution in [0.2, 0.25) is 0 Å². The van der Waals surface area contributed by atoms with Gasteiger partial charge in [-0.05, 0) is 44.6 Å². The molecule has 0 bridgehead atoms. The summed E-state index contributed by atoms with van der Waals surface area (Å²) in [7, 11) is 1.93. The van der Waals surface area contributed by atoms with Crippen LogP contribution in [0.4, 0.5) is 13.2 Å². The first-order valence-corrected chi connectivity index (χ1v) is 7.43. The fraction of sp³-hybridized carbons (Fsp3) is 0.500. The minimum Gasteiger partial charge on any atom is -0.348 e. The summed E-state index contributed by atoms with van der Waals surface area (Å²) in [6.07, 6.45) is -2.85. The van der Waals surface area contributed by atoms with E-state index in [9.17, 15) is 18.0 Å².